The van der Waals surface area contributed by atoms with Gasteiger partial charge in [0.15, 0.2) is 11.5 Å². The predicted molar refractivity (Wildman–Crippen MR) is 137 cm³/mol. The minimum Gasteiger partial charge on any atom is -0.454 e. The maximum Gasteiger partial charge on any atom is 0.433 e. The molecule has 14 heteroatoms. The first-order valence-corrected chi connectivity index (χ1v) is 12.3. The zero-order valence-electron chi connectivity index (χ0n) is 19.9. The van der Waals surface area contributed by atoms with Crippen LogP contribution in [0.3, 0.4) is 0 Å². The smallest absolute Gasteiger partial charge is 0.433 e. The Bertz CT molecular complexity index is 1810. The summed E-state index contributed by atoms with van der Waals surface area (Å²) in [6, 6.07) is 12.1. The summed E-state index contributed by atoms with van der Waals surface area (Å²) in [7, 11) is 0. The number of thiophene rings is 1. The Hall–Kier alpha value is -4.98. The van der Waals surface area contributed by atoms with E-state index in [4.69, 9.17) is 15.2 Å². The summed E-state index contributed by atoms with van der Waals surface area (Å²) in [6.07, 6.45) is -4.82. The van der Waals surface area contributed by atoms with Gasteiger partial charge in [-0.3, -0.25) is 14.7 Å². The van der Waals surface area contributed by atoms with Crippen molar-refractivity contribution in [3.05, 3.63) is 76.7 Å². The number of anilines is 1. The molecule has 0 fully saturated rings. The maximum atomic E-state index is 13.7. The molecule has 1 aliphatic heterocycles. The van der Waals surface area contributed by atoms with E-state index >= 15 is 0 Å². The van der Waals surface area contributed by atoms with Crippen molar-refractivity contribution in [3.8, 4) is 33.9 Å². The number of nitrogens with two attached hydrogens (primary N) is 1. The summed E-state index contributed by atoms with van der Waals surface area (Å²) < 4.78 is 65.3. The third kappa shape index (κ3) is 4.47. The van der Waals surface area contributed by atoms with Crippen LogP contribution in [-0.2, 0) is 6.18 Å². The molecule has 202 valence electrons. The number of aromatic amines is 1. The van der Waals surface area contributed by atoms with Crippen LogP contribution in [0.4, 0.5) is 23.2 Å². The number of hydrogen-bond acceptors (Lipinski definition) is 7. The Morgan fingerprint density at radius 2 is 1.73 bits per heavy atom. The van der Waals surface area contributed by atoms with E-state index in [2.05, 4.69) is 20.5 Å². The van der Waals surface area contributed by atoms with Crippen LogP contribution in [0.25, 0.3) is 32.6 Å². The number of hydrogen-bond donors (Lipinski definition) is 3. The van der Waals surface area contributed by atoms with Gasteiger partial charge in [-0.05, 0) is 53.6 Å². The number of halogens is 4. The molecule has 2 amide bonds. The van der Waals surface area contributed by atoms with Gasteiger partial charge in [0.1, 0.15) is 26.9 Å². The van der Waals surface area contributed by atoms with Gasteiger partial charge in [-0.2, -0.15) is 18.3 Å². The van der Waals surface area contributed by atoms with Crippen molar-refractivity contribution in [2.45, 2.75) is 6.18 Å². The number of fused-ring (bicyclic) bond motifs is 2. The second-order valence-electron chi connectivity index (χ2n) is 8.60. The van der Waals surface area contributed by atoms with Crippen molar-refractivity contribution in [1.82, 2.24) is 15.2 Å². The van der Waals surface area contributed by atoms with Gasteiger partial charge < -0.3 is 20.5 Å². The molecular weight excluding hydrogens is 554 g/mol. The number of nitrogens with one attached hydrogen (secondary N) is 2. The van der Waals surface area contributed by atoms with Gasteiger partial charge in [0.05, 0.1) is 11.4 Å². The molecule has 0 saturated heterocycles. The lowest BCUT2D eigenvalue weighted by atomic mass is 10.0. The first kappa shape index (κ1) is 25.3. The fraction of sp³-hybridized carbons (Fsp3) is 0.0769. The quantitative estimate of drug-likeness (QED) is 0.237. The van der Waals surface area contributed by atoms with E-state index in [1.807, 2.05) is 0 Å². The summed E-state index contributed by atoms with van der Waals surface area (Å²) in [5.74, 6) is -1.24. The topological polar surface area (TPSA) is 132 Å². The first-order chi connectivity index (χ1) is 19.1. The van der Waals surface area contributed by atoms with Crippen molar-refractivity contribution >= 4 is 39.1 Å². The zero-order chi connectivity index (χ0) is 28.2. The Kier molecular flexibility index (Phi) is 5.91. The fourth-order valence-electron chi connectivity index (χ4n) is 4.22. The first-order valence-electron chi connectivity index (χ1n) is 11.5. The molecule has 4 N–H and O–H groups in total. The van der Waals surface area contributed by atoms with Gasteiger partial charge >= 0.3 is 6.18 Å². The summed E-state index contributed by atoms with van der Waals surface area (Å²) in [5, 5.41) is 9.38. The van der Waals surface area contributed by atoms with Gasteiger partial charge in [0.2, 0.25) is 6.79 Å². The molecule has 3 aromatic heterocycles. The highest BCUT2D eigenvalue weighted by molar-refractivity contribution is 7.21. The molecule has 9 nitrogen and oxygen atoms in total. The molecule has 0 spiro atoms. The molecule has 4 heterocycles. The van der Waals surface area contributed by atoms with Crippen LogP contribution in [-0.4, -0.2) is 33.8 Å². The van der Waals surface area contributed by atoms with Crippen molar-refractivity contribution in [2.24, 2.45) is 5.73 Å². The summed E-state index contributed by atoms with van der Waals surface area (Å²) >= 11 is 0.599. The number of ether oxygens (including phenoxy) is 2. The van der Waals surface area contributed by atoms with E-state index in [0.29, 0.717) is 34.1 Å². The summed E-state index contributed by atoms with van der Waals surface area (Å²) in [4.78, 5) is 28.8. The third-order valence-corrected chi connectivity index (χ3v) is 7.16. The number of primary amides is 1. The van der Waals surface area contributed by atoms with Gasteiger partial charge in [-0.1, -0.05) is 12.1 Å². The zero-order valence-corrected chi connectivity index (χ0v) is 20.7. The Morgan fingerprint density at radius 1 is 1.00 bits per heavy atom. The highest BCUT2D eigenvalue weighted by atomic mass is 32.1. The lowest BCUT2D eigenvalue weighted by Gasteiger charge is -2.12. The molecule has 0 saturated carbocycles. The SMILES string of the molecule is NC(=O)c1sc2nc(C(F)(F)F)cc(-c3ccc(F)cc3)c2c1NC(=O)c1cc(-c2ccc3c(c2)OCO3)n[nH]1. The van der Waals surface area contributed by atoms with Crippen LogP contribution >= 0.6 is 11.3 Å². The number of benzene rings is 2. The molecule has 40 heavy (non-hydrogen) atoms. The Morgan fingerprint density at radius 3 is 2.45 bits per heavy atom. The van der Waals surface area contributed by atoms with Crippen molar-refractivity contribution in [2.75, 3.05) is 12.1 Å². The number of carbonyl (C=O) groups is 2. The molecule has 0 atom stereocenters. The summed E-state index contributed by atoms with van der Waals surface area (Å²) in [6.45, 7) is 0.0863. The molecule has 0 aliphatic carbocycles. The van der Waals surface area contributed by atoms with Gasteiger partial charge in [-0.15, -0.1) is 11.3 Å². The maximum absolute atomic E-state index is 13.7. The average Bonchev–Trinajstić information content (AvgIpc) is 3.66. The van der Waals surface area contributed by atoms with E-state index in [1.54, 1.807) is 18.2 Å². The minimum absolute atomic E-state index is 0.00867. The highest BCUT2D eigenvalue weighted by Gasteiger charge is 2.35. The largest absolute Gasteiger partial charge is 0.454 e. The van der Waals surface area contributed by atoms with E-state index in [0.717, 1.165) is 18.2 Å². The van der Waals surface area contributed by atoms with Crippen molar-refractivity contribution in [1.29, 1.82) is 0 Å². The normalized spacial score (nSPS) is 12.6. The minimum atomic E-state index is -4.82. The third-order valence-electron chi connectivity index (χ3n) is 6.06. The van der Waals surface area contributed by atoms with Crippen LogP contribution < -0.4 is 20.5 Å². The monoisotopic (exact) mass is 569 g/mol. The van der Waals surface area contributed by atoms with Crippen LogP contribution in [0, 0.1) is 5.82 Å². The van der Waals surface area contributed by atoms with E-state index in [9.17, 15) is 27.2 Å². The number of aromatic nitrogens is 3. The molecule has 6 rings (SSSR count). The second-order valence-corrected chi connectivity index (χ2v) is 9.60. The number of carbonyl (C=O) groups excluding carboxylic acids is 2. The lowest BCUT2D eigenvalue weighted by Crippen LogP contribution is -2.17. The van der Waals surface area contributed by atoms with Gasteiger partial charge in [-0.25, -0.2) is 9.37 Å². The summed E-state index contributed by atoms with van der Waals surface area (Å²) in [5.41, 5.74) is 5.37. The van der Waals surface area contributed by atoms with E-state index in [-0.39, 0.29) is 44.4 Å². The van der Waals surface area contributed by atoms with Crippen LogP contribution in [0.15, 0.2) is 54.6 Å². The van der Waals surface area contributed by atoms with Crippen LogP contribution in [0.1, 0.15) is 25.9 Å². The standard InChI is InChI=1S/C26H15F4N5O4S/c27-13-4-1-11(2-5-13)14-8-19(26(28,29)30)32-25-20(14)21(22(40-25)23(31)36)33-24(37)16-9-15(34-35-16)12-3-6-17-18(7-12)39-10-38-17/h1-9H,10H2,(H2,31,36)(H,33,37)(H,34,35). The van der Waals surface area contributed by atoms with Crippen molar-refractivity contribution < 1.29 is 36.6 Å². The van der Waals surface area contributed by atoms with Crippen LogP contribution in [0.5, 0.6) is 11.5 Å². The molecule has 0 radical (unpaired) electrons. The molecule has 5 aromatic rings. The Balaban J connectivity index is 1.43. The molecular formula is C26H15F4N5O4S. The number of alkyl halides is 3. The molecule has 2 aromatic carbocycles. The van der Waals surface area contributed by atoms with Crippen molar-refractivity contribution in [3.63, 3.8) is 0 Å². The van der Waals surface area contributed by atoms with Gasteiger partial charge in [0.25, 0.3) is 11.8 Å². The molecule has 0 unspecified atom stereocenters. The fourth-order valence-corrected chi connectivity index (χ4v) is 5.22. The lowest BCUT2D eigenvalue weighted by molar-refractivity contribution is -0.140. The predicted octanol–water partition coefficient (Wildman–Crippen LogP) is 5.59. The number of nitrogens with zero attached hydrogens (tertiary/aromatic N) is 2. The van der Waals surface area contributed by atoms with Crippen LogP contribution in [0.2, 0.25) is 0 Å². The average molecular weight is 569 g/mol. The number of rotatable bonds is 5. The number of H-pyrrole nitrogens is 1. The number of amides is 2. The van der Waals surface area contributed by atoms with E-state index < -0.39 is 29.5 Å². The molecule has 0 bridgehead atoms. The molecule has 1 aliphatic rings. The number of pyridine rings is 1. The Labute approximate surface area is 225 Å². The van der Waals surface area contributed by atoms with Gasteiger partial charge in [0, 0.05) is 10.9 Å². The van der Waals surface area contributed by atoms with E-state index in [1.165, 1.54) is 18.2 Å². The highest BCUT2D eigenvalue weighted by Crippen LogP contribution is 2.44. The second kappa shape index (κ2) is 9.34.